The molecule has 2 heterocycles. The van der Waals surface area contributed by atoms with Gasteiger partial charge in [0.15, 0.2) is 5.69 Å². The first kappa shape index (κ1) is 15.3. The molecule has 1 N–H and O–H groups in total. The highest BCUT2D eigenvalue weighted by Gasteiger charge is 2.34. The summed E-state index contributed by atoms with van der Waals surface area (Å²) in [5.74, 6) is -0.0361. The van der Waals surface area contributed by atoms with E-state index in [9.17, 15) is 13.2 Å². The molecule has 2 aromatic rings. The number of rotatable bonds is 4. The van der Waals surface area contributed by atoms with Gasteiger partial charge in [-0.25, -0.2) is 9.97 Å². The second kappa shape index (κ2) is 5.71. The van der Waals surface area contributed by atoms with Crippen LogP contribution in [0.25, 0.3) is 11.3 Å². The highest BCUT2D eigenvalue weighted by Crippen LogP contribution is 2.31. The number of nitrogens with zero attached hydrogens (tertiary/aromatic N) is 4. The molecule has 0 saturated carbocycles. The molecule has 5 nitrogen and oxygen atoms in total. The van der Waals surface area contributed by atoms with E-state index in [1.807, 2.05) is 6.92 Å². The van der Waals surface area contributed by atoms with Crippen molar-refractivity contribution in [1.82, 2.24) is 19.7 Å². The van der Waals surface area contributed by atoms with Crippen molar-refractivity contribution in [2.45, 2.75) is 33.5 Å². The number of aromatic nitrogens is 4. The maximum Gasteiger partial charge on any atom is 0.433 e. The smallest absolute Gasteiger partial charge is 0.354 e. The minimum Gasteiger partial charge on any atom is -0.354 e. The number of alkyl halides is 3. The van der Waals surface area contributed by atoms with Crippen LogP contribution in [0.4, 0.5) is 19.1 Å². The number of hydrogen-bond donors (Lipinski definition) is 1. The van der Waals surface area contributed by atoms with Crippen molar-refractivity contribution < 1.29 is 13.2 Å². The number of nitrogens with one attached hydrogen (secondary N) is 1. The fourth-order valence-electron chi connectivity index (χ4n) is 1.90. The second-order valence-corrected chi connectivity index (χ2v) is 4.47. The molecule has 21 heavy (non-hydrogen) atoms. The third-order valence-electron chi connectivity index (χ3n) is 2.90. The molecule has 0 aliphatic heterocycles. The summed E-state index contributed by atoms with van der Waals surface area (Å²) in [4.78, 5) is 7.64. The third kappa shape index (κ3) is 3.32. The van der Waals surface area contributed by atoms with Gasteiger partial charge >= 0.3 is 6.18 Å². The van der Waals surface area contributed by atoms with Gasteiger partial charge in [0.05, 0.1) is 11.4 Å². The van der Waals surface area contributed by atoms with Crippen molar-refractivity contribution in [1.29, 1.82) is 0 Å². The zero-order valence-electron chi connectivity index (χ0n) is 12.0. The Morgan fingerprint density at radius 2 is 1.95 bits per heavy atom. The van der Waals surface area contributed by atoms with Gasteiger partial charge in [-0.2, -0.15) is 18.3 Å². The minimum absolute atomic E-state index is 0.0361. The lowest BCUT2D eigenvalue weighted by Crippen LogP contribution is -2.12. The maximum atomic E-state index is 12.9. The summed E-state index contributed by atoms with van der Waals surface area (Å²) in [7, 11) is 0. The van der Waals surface area contributed by atoms with E-state index in [2.05, 4.69) is 20.4 Å². The molecule has 0 aliphatic carbocycles. The molecule has 2 aromatic heterocycles. The Kier molecular flexibility index (Phi) is 4.15. The van der Waals surface area contributed by atoms with Crippen molar-refractivity contribution >= 4 is 5.95 Å². The van der Waals surface area contributed by atoms with Crippen LogP contribution in [0.2, 0.25) is 0 Å². The second-order valence-electron chi connectivity index (χ2n) is 4.47. The maximum absolute atomic E-state index is 12.9. The average molecular weight is 299 g/mol. The standard InChI is InChI=1S/C13H16F3N5/c1-4-17-12-18-10(6-11(19-12)13(14,15)16)9-7-21(5-2)20-8(9)3/h6-7H,4-5H2,1-3H3,(H,17,18,19). The van der Waals surface area contributed by atoms with E-state index >= 15 is 0 Å². The first-order valence-electron chi connectivity index (χ1n) is 6.59. The lowest BCUT2D eigenvalue weighted by atomic mass is 10.1. The Morgan fingerprint density at radius 3 is 2.48 bits per heavy atom. The van der Waals surface area contributed by atoms with E-state index in [-0.39, 0.29) is 11.6 Å². The molecular formula is C13H16F3N5. The van der Waals surface area contributed by atoms with Crippen LogP contribution in [0.5, 0.6) is 0 Å². The number of anilines is 1. The molecule has 0 radical (unpaired) electrons. The van der Waals surface area contributed by atoms with Gasteiger partial charge < -0.3 is 5.32 Å². The molecule has 114 valence electrons. The predicted octanol–water partition coefficient (Wildman–Crippen LogP) is 3.12. The van der Waals surface area contributed by atoms with Gasteiger partial charge in [-0.05, 0) is 26.8 Å². The van der Waals surface area contributed by atoms with E-state index in [4.69, 9.17) is 0 Å². The lowest BCUT2D eigenvalue weighted by molar-refractivity contribution is -0.141. The van der Waals surface area contributed by atoms with Gasteiger partial charge in [0, 0.05) is 24.8 Å². The Morgan fingerprint density at radius 1 is 1.24 bits per heavy atom. The van der Waals surface area contributed by atoms with Gasteiger partial charge in [-0.15, -0.1) is 0 Å². The Hall–Kier alpha value is -2.12. The van der Waals surface area contributed by atoms with Crippen molar-refractivity contribution in [3.63, 3.8) is 0 Å². The normalized spacial score (nSPS) is 11.7. The zero-order chi connectivity index (χ0) is 15.6. The van der Waals surface area contributed by atoms with Crippen molar-refractivity contribution in [2.24, 2.45) is 0 Å². The summed E-state index contributed by atoms with van der Waals surface area (Å²) < 4.78 is 40.5. The van der Waals surface area contributed by atoms with Gasteiger partial charge in [0.25, 0.3) is 0 Å². The fraction of sp³-hybridized carbons (Fsp3) is 0.462. The highest BCUT2D eigenvalue weighted by atomic mass is 19.4. The summed E-state index contributed by atoms with van der Waals surface area (Å²) in [5, 5.41) is 6.95. The van der Waals surface area contributed by atoms with Gasteiger partial charge in [0.2, 0.25) is 5.95 Å². The van der Waals surface area contributed by atoms with E-state index < -0.39 is 11.9 Å². The van der Waals surface area contributed by atoms with E-state index in [0.717, 1.165) is 6.07 Å². The highest BCUT2D eigenvalue weighted by molar-refractivity contribution is 5.62. The molecule has 8 heteroatoms. The summed E-state index contributed by atoms with van der Waals surface area (Å²) in [6.07, 6.45) is -2.83. The van der Waals surface area contributed by atoms with Crippen LogP contribution in [0, 0.1) is 6.92 Å². The topological polar surface area (TPSA) is 55.6 Å². The summed E-state index contributed by atoms with van der Waals surface area (Å²) in [6.45, 7) is 6.49. The van der Waals surface area contributed by atoms with E-state index in [1.165, 1.54) is 0 Å². The molecule has 0 amide bonds. The predicted molar refractivity (Wildman–Crippen MR) is 72.8 cm³/mol. The van der Waals surface area contributed by atoms with Crippen LogP contribution in [-0.4, -0.2) is 26.3 Å². The summed E-state index contributed by atoms with van der Waals surface area (Å²) in [6, 6.07) is 0.949. The minimum atomic E-state index is -4.52. The molecule has 0 fully saturated rings. The Labute approximate surface area is 120 Å². The summed E-state index contributed by atoms with van der Waals surface area (Å²) in [5.41, 5.74) is 0.451. The molecule has 0 spiro atoms. The average Bonchev–Trinajstić information content (AvgIpc) is 2.79. The lowest BCUT2D eigenvalue weighted by Gasteiger charge is -2.10. The van der Waals surface area contributed by atoms with Crippen molar-refractivity contribution in [3.05, 3.63) is 23.7 Å². The van der Waals surface area contributed by atoms with Crippen LogP contribution in [0.1, 0.15) is 25.2 Å². The van der Waals surface area contributed by atoms with Gasteiger partial charge in [0.1, 0.15) is 0 Å². The molecule has 0 saturated heterocycles. The number of hydrogen-bond acceptors (Lipinski definition) is 4. The van der Waals surface area contributed by atoms with Crippen molar-refractivity contribution in [3.8, 4) is 11.3 Å². The molecule has 0 atom stereocenters. The molecule has 0 unspecified atom stereocenters. The number of halogens is 3. The number of aryl methyl sites for hydroxylation is 2. The molecule has 0 aliphatic rings. The first-order valence-corrected chi connectivity index (χ1v) is 6.59. The monoisotopic (exact) mass is 299 g/mol. The first-order chi connectivity index (χ1) is 9.85. The largest absolute Gasteiger partial charge is 0.433 e. The van der Waals surface area contributed by atoms with Gasteiger partial charge in [-0.3, -0.25) is 4.68 Å². The zero-order valence-corrected chi connectivity index (χ0v) is 12.0. The SMILES string of the molecule is CCNc1nc(-c2cn(CC)nc2C)cc(C(F)(F)F)n1. The van der Waals surface area contributed by atoms with Crippen LogP contribution in [-0.2, 0) is 12.7 Å². The molecule has 2 rings (SSSR count). The molecular weight excluding hydrogens is 283 g/mol. The molecule has 0 bridgehead atoms. The Bertz CT molecular complexity index is 633. The van der Waals surface area contributed by atoms with E-state index in [0.29, 0.717) is 24.3 Å². The van der Waals surface area contributed by atoms with E-state index in [1.54, 1.807) is 24.7 Å². The van der Waals surface area contributed by atoms with Crippen molar-refractivity contribution in [2.75, 3.05) is 11.9 Å². The quantitative estimate of drug-likeness (QED) is 0.942. The molecule has 0 aromatic carbocycles. The Balaban J connectivity index is 2.56. The van der Waals surface area contributed by atoms with Crippen LogP contribution >= 0.6 is 0 Å². The van der Waals surface area contributed by atoms with Crippen LogP contribution < -0.4 is 5.32 Å². The van der Waals surface area contributed by atoms with Crippen LogP contribution in [0.15, 0.2) is 12.3 Å². The third-order valence-corrected chi connectivity index (χ3v) is 2.90. The summed E-state index contributed by atoms with van der Waals surface area (Å²) >= 11 is 0. The van der Waals surface area contributed by atoms with Crippen LogP contribution in [0.3, 0.4) is 0 Å². The fourth-order valence-corrected chi connectivity index (χ4v) is 1.90. The van der Waals surface area contributed by atoms with Gasteiger partial charge in [-0.1, -0.05) is 0 Å².